The van der Waals surface area contributed by atoms with Crippen LogP contribution in [0.2, 0.25) is 0 Å². The molecule has 7 rings (SSSR count). The average Bonchev–Trinajstić information content (AvgIpc) is 3.83. The van der Waals surface area contributed by atoms with Crippen molar-refractivity contribution in [2.45, 2.75) is 62.9 Å². The quantitative estimate of drug-likeness (QED) is 0.407. The Morgan fingerprint density at radius 1 is 0.595 bits per heavy atom. The number of epoxide rings is 1. The van der Waals surface area contributed by atoms with Crippen LogP contribution in [0, 0.1) is 17.5 Å². The first-order valence-corrected chi connectivity index (χ1v) is 13.6. The number of carboxylic acids is 2. The van der Waals surface area contributed by atoms with Crippen LogP contribution in [0.1, 0.15) is 36.0 Å². The molecule has 0 bridgehead atoms. The van der Waals surface area contributed by atoms with Crippen LogP contribution in [0.5, 0.6) is 17.2 Å². The molecule has 0 saturated carbocycles. The number of fused-ring (bicyclic) bond motifs is 3. The molecule has 4 heterocycles. The predicted octanol–water partition coefficient (Wildman–Crippen LogP) is 5.13. The maximum Gasteiger partial charge on any atom is 0.344 e. The van der Waals surface area contributed by atoms with E-state index in [2.05, 4.69) is 0 Å². The summed E-state index contributed by atoms with van der Waals surface area (Å²) in [6, 6.07) is 12.9. The van der Waals surface area contributed by atoms with Gasteiger partial charge in [-0.05, 0) is 110 Å². The smallest absolute Gasteiger partial charge is 0.344 e. The highest BCUT2D eigenvalue weighted by Crippen LogP contribution is 2.33. The number of halogens is 3. The third-order valence-corrected chi connectivity index (χ3v) is 7.26. The van der Waals surface area contributed by atoms with Gasteiger partial charge in [-0.25, -0.2) is 22.8 Å². The van der Waals surface area contributed by atoms with Gasteiger partial charge in [0, 0.05) is 0 Å². The van der Waals surface area contributed by atoms with E-state index >= 15 is 0 Å². The molecule has 0 radical (unpaired) electrons. The molecule has 222 valence electrons. The third-order valence-electron chi connectivity index (χ3n) is 7.26. The zero-order chi connectivity index (χ0) is 29.8. The molecule has 3 aromatic carbocycles. The summed E-state index contributed by atoms with van der Waals surface area (Å²) in [5.41, 5.74) is 2.45. The molecule has 0 spiro atoms. The van der Waals surface area contributed by atoms with Gasteiger partial charge in [-0.3, -0.25) is 0 Å². The second-order valence-corrected chi connectivity index (χ2v) is 10.3. The Morgan fingerprint density at radius 3 is 1.36 bits per heavy atom. The zero-order valence-corrected chi connectivity index (χ0v) is 22.4. The minimum absolute atomic E-state index is 0.174. The van der Waals surface area contributed by atoms with E-state index in [1.807, 2.05) is 0 Å². The van der Waals surface area contributed by atoms with E-state index in [1.54, 1.807) is 12.1 Å². The molecular formula is C31H29F3O8. The van der Waals surface area contributed by atoms with Gasteiger partial charge in [-0.15, -0.1) is 0 Å². The van der Waals surface area contributed by atoms with E-state index in [9.17, 15) is 22.8 Å². The molecule has 42 heavy (non-hydrogen) atoms. The molecule has 3 unspecified atom stereocenters. The molecule has 11 heteroatoms. The molecule has 0 amide bonds. The highest BCUT2D eigenvalue weighted by Gasteiger charge is 2.36. The summed E-state index contributed by atoms with van der Waals surface area (Å²) in [4.78, 5) is 21.3. The highest BCUT2D eigenvalue weighted by atomic mass is 19.1. The fourth-order valence-corrected chi connectivity index (χ4v) is 4.97. The van der Waals surface area contributed by atoms with Crippen LogP contribution in [0.3, 0.4) is 0 Å². The summed E-state index contributed by atoms with van der Waals surface area (Å²) < 4.78 is 59.7. The van der Waals surface area contributed by atoms with Crippen molar-refractivity contribution in [1.29, 1.82) is 0 Å². The van der Waals surface area contributed by atoms with E-state index in [0.29, 0.717) is 37.2 Å². The van der Waals surface area contributed by atoms with Crippen LogP contribution in [0.4, 0.5) is 13.2 Å². The van der Waals surface area contributed by atoms with E-state index in [1.165, 1.54) is 42.5 Å². The molecule has 1 fully saturated rings. The number of hydrogen-bond donors (Lipinski definition) is 2. The summed E-state index contributed by atoms with van der Waals surface area (Å²) in [5, 5.41) is 17.4. The first-order chi connectivity index (χ1) is 20.2. The lowest BCUT2D eigenvalue weighted by molar-refractivity contribution is -0.146. The van der Waals surface area contributed by atoms with Gasteiger partial charge < -0.3 is 29.2 Å². The topological polar surface area (TPSA) is 115 Å². The zero-order valence-electron chi connectivity index (χ0n) is 22.4. The van der Waals surface area contributed by atoms with Crippen molar-refractivity contribution in [1.82, 2.24) is 0 Å². The number of aliphatic carboxylic acids is 2. The normalized spacial score (nSPS) is 22.8. The van der Waals surface area contributed by atoms with Gasteiger partial charge >= 0.3 is 11.9 Å². The Labute approximate surface area is 239 Å². The first-order valence-electron chi connectivity index (χ1n) is 13.6. The second-order valence-electron chi connectivity index (χ2n) is 10.3. The SMILES string of the molecule is Fc1ccc2c(c1)CCC(C1CO1)O2.O=C(O)C1CCc2cc(F)ccc2O1.O=C(O)[C@@H]1CCc2cc(F)ccc2O1. The van der Waals surface area contributed by atoms with E-state index < -0.39 is 24.1 Å². The number of carbonyl (C=O) groups is 2. The lowest BCUT2D eigenvalue weighted by Gasteiger charge is -2.24. The maximum atomic E-state index is 12.9. The summed E-state index contributed by atoms with van der Waals surface area (Å²) in [6.07, 6.45) is 2.55. The van der Waals surface area contributed by atoms with Gasteiger partial charge in [0.2, 0.25) is 0 Å². The van der Waals surface area contributed by atoms with Gasteiger partial charge in [0.25, 0.3) is 0 Å². The van der Waals surface area contributed by atoms with E-state index in [-0.39, 0.29) is 29.7 Å². The molecular weight excluding hydrogens is 557 g/mol. The largest absolute Gasteiger partial charge is 0.487 e. The number of carboxylic acid groups (broad SMARTS) is 2. The minimum atomic E-state index is -0.972. The van der Waals surface area contributed by atoms with Gasteiger partial charge in [-0.1, -0.05) is 0 Å². The Balaban J connectivity index is 0.000000126. The number of benzene rings is 3. The Bertz CT molecular complexity index is 1380. The molecule has 0 aromatic heterocycles. The fourth-order valence-electron chi connectivity index (χ4n) is 4.97. The molecule has 2 N–H and O–H groups in total. The van der Waals surface area contributed by atoms with E-state index in [4.69, 9.17) is 29.2 Å². The Morgan fingerprint density at radius 2 is 0.976 bits per heavy atom. The molecule has 0 aliphatic carbocycles. The molecule has 8 nitrogen and oxygen atoms in total. The van der Waals surface area contributed by atoms with Crippen molar-refractivity contribution >= 4 is 11.9 Å². The lowest BCUT2D eigenvalue weighted by Crippen LogP contribution is -2.30. The monoisotopic (exact) mass is 586 g/mol. The van der Waals surface area contributed by atoms with Crippen molar-refractivity contribution in [2.24, 2.45) is 0 Å². The van der Waals surface area contributed by atoms with Gasteiger partial charge in [0.15, 0.2) is 12.2 Å². The fraction of sp³-hybridized carbons (Fsp3) is 0.355. The Hall–Kier alpha value is -4.25. The standard InChI is InChI=1S/C11H11FO2.2C10H9FO3/c12-8-2-4-9-7(5-8)1-3-10(14-9)11-6-13-11;2*11-7-2-4-8-6(5-7)1-3-9(14-8)10(12)13/h2,4-5,10-11H,1,3,6H2;2*2,4-5,9H,1,3H2,(H,12,13)/t;9-;/m.0./s1. The number of aryl methyl sites for hydroxylation is 3. The third kappa shape index (κ3) is 7.33. The van der Waals surface area contributed by atoms with Crippen LogP contribution in [-0.2, 0) is 33.6 Å². The maximum absolute atomic E-state index is 12.9. The molecule has 4 aliphatic rings. The van der Waals surface area contributed by atoms with Crippen molar-refractivity contribution < 1.29 is 51.9 Å². The lowest BCUT2D eigenvalue weighted by atomic mass is 10.0. The van der Waals surface area contributed by atoms with Crippen LogP contribution in [-0.4, -0.2) is 53.2 Å². The summed E-state index contributed by atoms with van der Waals surface area (Å²) in [6.45, 7) is 0.807. The summed E-state index contributed by atoms with van der Waals surface area (Å²) >= 11 is 0. The van der Waals surface area contributed by atoms with Crippen molar-refractivity contribution in [3.63, 3.8) is 0 Å². The number of hydrogen-bond acceptors (Lipinski definition) is 6. The van der Waals surface area contributed by atoms with Gasteiger partial charge in [0.1, 0.15) is 46.9 Å². The predicted molar refractivity (Wildman–Crippen MR) is 142 cm³/mol. The van der Waals surface area contributed by atoms with Crippen molar-refractivity contribution in [3.05, 3.63) is 88.7 Å². The first kappa shape index (κ1) is 29.2. The molecule has 4 atom stereocenters. The van der Waals surface area contributed by atoms with Crippen LogP contribution in [0.25, 0.3) is 0 Å². The van der Waals surface area contributed by atoms with Crippen molar-refractivity contribution in [3.8, 4) is 17.2 Å². The Kier molecular flexibility index (Phi) is 8.86. The summed E-state index contributed by atoms with van der Waals surface area (Å²) in [7, 11) is 0. The molecule has 4 aliphatic heterocycles. The molecule has 1 saturated heterocycles. The van der Waals surface area contributed by atoms with Crippen molar-refractivity contribution in [2.75, 3.05) is 6.61 Å². The van der Waals surface area contributed by atoms with Gasteiger partial charge in [0.05, 0.1) is 6.61 Å². The molecule has 3 aromatic rings. The van der Waals surface area contributed by atoms with Gasteiger partial charge in [-0.2, -0.15) is 0 Å². The number of ether oxygens (including phenoxy) is 4. The van der Waals surface area contributed by atoms with E-state index in [0.717, 1.165) is 41.9 Å². The van der Waals surface area contributed by atoms with Crippen LogP contribution >= 0.6 is 0 Å². The summed E-state index contributed by atoms with van der Waals surface area (Å²) in [5.74, 6) is -0.996. The number of rotatable bonds is 3. The second kappa shape index (κ2) is 12.7. The van der Waals surface area contributed by atoms with Crippen LogP contribution < -0.4 is 14.2 Å². The average molecular weight is 587 g/mol. The highest BCUT2D eigenvalue weighted by molar-refractivity contribution is 5.73. The minimum Gasteiger partial charge on any atom is -0.487 e. The van der Waals surface area contributed by atoms with Crippen LogP contribution in [0.15, 0.2) is 54.6 Å².